The molecule has 0 aliphatic carbocycles. The van der Waals surface area contributed by atoms with E-state index in [2.05, 4.69) is 64.4 Å². The molecule has 0 saturated carbocycles. The Morgan fingerprint density at radius 2 is 1.76 bits per heavy atom. The fourth-order valence-corrected chi connectivity index (χ4v) is 4.25. The van der Waals surface area contributed by atoms with E-state index in [1.807, 2.05) is 18.2 Å². The van der Waals surface area contributed by atoms with Gasteiger partial charge < -0.3 is 15.4 Å². The van der Waals surface area contributed by atoms with Crippen molar-refractivity contribution in [1.82, 2.24) is 9.69 Å². The first-order valence-electron chi connectivity index (χ1n) is 11.4. The molecule has 0 fully saturated rings. The number of unbranched alkanes of at least 4 members (excludes halogenated alkanes) is 1. The maximum Gasteiger partial charge on any atom is 0.251 e. The lowest BCUT2D eigenvalue weighted by Crippen LogP contribution is -2.25. The summed E-state index contributed by atoms with van der Waals surface area (Å²) in [5, 5.41) is 7.54. The SMILES string of the molecule is CCCCOc1ccc(C(=O)NCCCNc2nsc3ccc(-c4ccccc4)cc23)cc1. The van der Waals surface area contributed by atoms with Crippen LogP contribution in [0.15, 0.2) is 72.8 Å². The van der Waals surface area contributed by atoms with Crippen LogP contribution < -0.4 is 15.4 Å². The lowest BCUT2D eigenvalue weighted by atomic mass is 10.0. The van der Waals surface area contributed by atoms with Gasteiger partial charge in [-0.25, -0.2) is 0 Å². The molecule has 1 amide bonds. The number of carbonyl (C=O) groups excluding carboxylic acids is 1. The Bertz CT molecular complexity index is 1170. The molecule has 2 N–H and O–H groups in total. The van der Waals surface area contributed by atoms with Crippen molar-refractivity contribution in [3.63, 3.8) is 0 Å². The molecule has 0 unspecified atom stereocenters. The van der Waals surface area contributed by atoms with E-state index in [0.29, 0.717) is 18.7 Å². The van der Waals surface area contributed by atoms with Crippen molar-refractivity contribution in [2.45, 2.75) is 26.2 Å². The Morgan fingerprint density at radius 1 is 0.939 bits per heavy atom. The molecule has 1 aromatic heterocycles. The van der Waals surface area contributed by atoms with Gasteiger partial charge in [0, 0.05) is 24.0 Å². The maximum atomic E-state index is 12.4. The minimum Gasteiger partial charge on any atom is -0.494 e. The highest BCUT2D eigenvalue weighted by molar-refractivity contribution is 7.13. The number of nitrogens with zero attached hydrogens (tertiary/aromatic N) is 1. The van der Waals surface area contributed by atoms with Crippen LogP contribution in [0.25, 0.3) is 21.2 Å². The number of hydrogen-bond acceptors (Lipinski definition) is 5. The molecule has 33 heavy (non-hydrogen) atoms. The molecule has 4 rings (SSSR count). The summed E-state index contributed by atoms with van der Waals surface area (Å²) in [6.45, 7) is 4.17. The molecule has 6 heteroatoms. The number of ether oxygens (including phenoxy) is 1. The van der Waals surface area contributed by atoms with E-state index in [0.717, 1.165) is 47.5 Å². The first-order valence-corrected chi connectivity index (χ1v) is 12.2. The molecule has 1 heterocycles. The molecule has 0 aliphatic heterocycles. The molecule has 170 valence electrons. The van der Waals surface area contributed by atoms with Crippen LogP contribution >= 0.6 is 11.5 Å². The Hall–Kier alpha value is -3.38. The zero-order valence-electron chi connectivity index (χ0n) is 18.8. The normalized spacial score (nSPS) is 10.8. The highest BCUT2D eigenvalue weighted by Crippen LogP contribution is 2.31. The van der Waals surface area contributed by atoms with Crippen molar-refractivity contribution in [3.8, 4) is 16.9 Å². The van der Waals surface area contributed by atoms with E-state index in [1.54, 1.807) is 12.1 Å². The molecule has 0 aliphatic rings. The third kappa shape index (κ3) is 6.11. The number of hydrogen-bond donors (Lipinski definition) is 2. The van der Waals surface area contributed by atoms with Gasteiger partial charge in [0.15, 0.2) is 0 Å². The second kappa shape index (κ2) is 11.5. The number of rotatable bonds is 11. The summed E-state index contributed by atoms with van der Waals surface area (Å²) in [7, 11) is 0. The number of carbonyl (C=O) groups is 1. The third-order valence-electron chi connectivity index (χ3n) is 5.39. The summed E-state index contributed by atoms with van der Waals surface area (Å²) >= 11 is 1.50. The van der Waals surface area contributed by atoms with Crippen molar-refractivity contribution in [3.05, 3.63) is 78.4 Å². The van der Waals surface area contributed by atoms with Gasteiger partial charge in [0.2, 0.25) is 0 Å². The van der Waals surface area contributed by atoms with Crippen molar-refractivity contribution in [2.24, 2.45) is 0 Å². The molecule has 0 radical (unpaired) electrons. The van der Waals surface area contributed by atoms with E-state index < -0.39 is 0 Å². The summed E-state index contributed by atoms with van der Waals surface area (Å²) < 4.78 is 11.4. The van der Waals surface area contributed by atoms with Crippen molar-refractivity contribution >= 4 is 33.3 Å². The van der Waals surface area contributed by atoms with Crippen LogP contribution in [0.1, 0.15) is 36.5 Å². The minimum atomic E-state index is -0.0679. The highest BCUT2D eigenvalue weighted by atomic mass is 32.1. The lowest BCUT2D eigenvalue weighted by Gasteiger charge is -2.08. The molecular formula is C27H29N3O2S. The summed E-state index contributed by atoms with van der Waals surface area (Å²) in [6.07, 6.45) is 2.94. The second-order valence-corrected chi connectivity index (χ2v) is 8.68. The van der Waals surface area contributed by atoms with Gasteiger partial charge in [-0.15, -0.1) is 0 Å². The van der Waals surface area contributed by atoms with Gasteiger partial charge in [-0.1, -0.05) is 49.7 Å². The molecule has 0 saturated heterocycles. The van der Waals surface area contributed by atoms with Crippen LogP contribution in [0.4, 0.5) is 5.82 Å². The average Bonchev–Trinajstić information content (AvgIpc) is 3.27. The Kier molecular flexibility index (Phi) is 7.93. The van der Waals surface area contributed by atoms with E-state index in [9.17, 15) is 4.79 Å². The number of amides is 1. The molecule has 4 aromatic rings. The van der Waals surface area contributed by atoms with Crippen LogP contribution in [0.3, 0.4) is 0 Å². The van der Waals surface area contributed by atoms with Gasteiger partial charge in [-0.3, -0.25) is 4.79 Å². The first kappa shape index (κ1) is 22.8. The van der Waals surface area contributed by atoms with E-state index >= 15 is 0 Å². The Balaban J connectivity index is 1.25. The van der Waals surface area contributed by atoms with Crippen LogP contribution in [0.5, 0.6) is 5.75 Å². The molecule has 0 bridgehead atoms. The third-order valence-corrected chi connectivity index (χ3v) is 6.22. The van der Waals surface area contributed by atoms with Crippen LogP contribution in [-0.4, -0.2) is 30.0 Å². The molecule has 0 spiro atoms. The highest BCUT2D eigenvalue weighted by Gasteiger charge is 2.08. The predicted octanol–water partition coefficient (Wildman–Crippen LogP) is 6.37. The van der Waals surface area contributed by atoms with E-state index in [1.165, 1.54) is 22.7 Å². The largest absolute Gasteiger partial charge is 0.494 e. The summed E-state index contributed by atoms with van der Waals surface area (Å²) in [6, 6.07) is 24.1. The van der Waals surface area contributed by atoms with Gasteiger partial charge >= 0.3 is 0 Å². The van der Waals surface area contributed by atoms with Crippen molar-refractivity contribution in [2.75, 3.05) is 25.0 Å². The monoisotopic (exact) mass is 459 g/mol. The smallest absolute Gasteiger partial charge is 0.251 e. The van der Waals surface area contributed by atoms with Crippen molar-refractivity contribution < 1.29 is 9.53 Å². The van der Waals surface area contributed by atoms with Gasteiger partial charge in [-0.05, 0) is 71.9 Å². The zero-order valence-corrected chi connectivity index (χ0v) is 19.7. The first-order chi connectivity index (χ1) is 16.2. The molecule has 5 nitrogen and oxygen atoms in total. The topological polar surface area (TPSA) is 63.2 Å². The summed E-state index contributed by atoms with van der Waals surface area (Å²) in [5.41, 5.74) is 3.02. The molecule has 0 atom stereocenters. The fourth-order valence-electron chi connectivity index (χ4n) is 3.51. The quantitative estimate of drug-likeness (QED) is 0.256. The van der Waals surface area contributed by atoms with Gasteiger partial charge in [0.25, 0.3) is 5.91 Å². The number of nitrogens with one attached hydrogen (secondary N) is 2. The van der Waals surface area contributed by atoms with Gasteiger partial charge in [0.1, 0.15) is 11.6 Å². The second-order valence-electron chi connectivity index (χ2n) is 7.87. The van der Waals surface area contributed by atoms with Crippen LogP contribution in [0.2, 0.25) is 0 Å². The minimum absolute atomic E-state index is 0.0679. The molecule has 3 aromatic carbocycles. The van der Waals surface area contributed by atoms with Crippen LogP contribution in [0, 0.1) is 0 Å². The Morgan fingerprint density at radius 3 is 2.55 bits per heavy atom. The Labute approximate surface area is 199 Å². The lowest BCUT2D eigenvalue weighted by molar-refractivity contribution is 0.0953. The van der Waals surface area contributed by atoms with Crippen molar-refractivity contribution in [1.29, 1.82) is 0 Å². The predicted molar refractivity (Wildman–Crippen MR) is 137 cm³/mol. The molecular weight excluding hydrogens is 430 g/mol. The van der Waals surface area contributed by atoms with E-state index in [-0.39, 0.29) is 5.91 Å². The number of aromatic nitrogens is 1. The maximum absolute atomic E-state index is 12.4. The summed E-state index contributed by atoms with van der Waals surface area (Å²) in [4.78, 5) is 12.4. The fraction of sp³-hybridized carbons (Fsp3) is 0.259. The van der Waals surface area contributed by atoms with Gasteiger partial charge in [-0.2, -0.15) is 4.37 Å². The number of anilines is 1. The number of benzene rings is 3. The zero-order chi connectivity index (χ0) is 22.9. The van der Waals surface area contributed by atoms with Crippen LogP contribution in [-0.2, 0) is 0 Å². The average molecular weight is 460 g/mol. The summed E-state index contributed by atoms with van der Waals surface area (Å²) in [5.74, 6) is 1.63. The van der Waals surface area contributed by atoms with E-state index in [4.69, 9.17) is 4.74 Å². The standard InChI is InChI=1S/C27H29N3O2S/c1-2-3-18-32-23-13-10-21(11-14-23)27(31)29-17-7-16-28-26-24-19-22(12-15-25(24)33-30-26)20-8-5-4-6-9-20/h4-6,8-15,19H,2-3,7,16-18H2,1H3,(H,28,30)(H,29,31). The number of fused-ring (bicyclic) bond motifs is 1. The van der Waals surface area contributed by atoms with Gasteiger partial charge in [0.05, 0.1) is 11.3 Å².